The van der Waals surface area contributed by atoms with Gasteiger partial charge in [0.15, 0.2) is 0 Å². The van der Waals surface area contributed by atoms with Crippen LogP contribution in [0, 0.1) is 5.41 Å². The van der Waals surface area contributed by atoms with Crippen molar-refractivity contribution in [2.24, 2.45) is 5.41 Å². The molecular formula is C13H20N2. The molecule has 0 amide bonds. The van der Waals surface area contributed by atoms with Gasteiger partial charge in [0, 0.05) is 24.8 Å². The van der Waals surface area contributed by atoms with E-state index in [1.807, 2.05) is 0 Å². The van der Waals surface area contributed by atoms with Crippen molar-refractivity contribution < 1.29 is 0 Å². The van der Waals surface area contributed by atoms with Gasteiger partial charge in [-0.15, -0.1) is 0 Å². The van der Waals surface area contributed by atoms with E-state index in [9.17, 15) is 0 Å². The average molecular weight is 204 g/mol. The lowest BCUT2D eigenvalue weighted by atomic mass is 9.87. The van der Waals surface area contributed by atoms with Gasteiger partial charge in [0.25, 0.3) is 0 Å². The lowest BCUT2D eigenvalue weighted by Crippen LogP contribution is -2.43. The molecule has 0 saturated heterocycles. The van der Waals surface area contributed by atoms with E-state index < -0.39 is 0 Å². The van der Waals surface area contributed by atoms with Crippen LogP contribution in [-0.2, 0) is 6.54 Å². The van der Waals surface area contributed by atoms with Gasteiger partial charge in [0.1, 0.15) is 0 Å². The van der Waals surface area contributed by atoms with Gasteiger partial charge in [0.05, 0.1) is 0 Å². The van der Waals surface area contributed by atoms with Crippen molar-refractivity contribution in [3.05, 3.63) is 29.8 Å². The normalized spacial score (nSPS) is 21.4. The fourth-order valence-corrected chi connectivity index (χ4v) is 1.98. The molecule has 0 saturated carbocycles. The summed E-state index contributed by atoms with van der Waals surface area (Å²) >= 11 is 0. The number of rotatable bonds is 0. The summed E-state index contributed by atoms with van der Waals surface area (Å²) in [7, 11) is 0. The van der Waals surface area contributed by atoms with Gasteiger partial charge in [-0.05, 0) is 17.0 Å². The lowest BCUT2D eigenvalue weighted by molar-refractivity contribution is 0.280. The van der Waals surface area contributed by atoms with E-state index in [0.717, 1.165) is 13.1 Å². The number of benzene rings is 1. The molecule has 0 aromatic heterocycles. The Morgan fingerprint density at radius 2 is 1.93 bits per heavy atom. The van der Waals surface area contributed by atoms with Gasteiger partial charge in [-0.1, -0.05) is 39.0 Å². The smallest absolute Gasteiger partial charge is 0.0386 e. The SMILES string of the molecule is CC(C)(C)C1CNc2ccccc2CN1. The number of para-hydroxylation sites is 1. The summed E-state index contributed by atoms with van der Waals surface area (Å²) in [5.41, 5.74) is 2.94. The second-order valence-corrected chi connectivity index (χ2v) is 5.34. The summed E-state index contributed by atoms with van der Waals surface area (Å²) in [6, 6.07) is 9.04. The molecule has 0 bridgehead atoms. The van der Waals surface area contributed by atoms with Crippen LogP contribution in [0.1, 0.15) is 26.3 Å². The standard InChI is InChI=1S/C13H20N2/c1-13(2,3)12-9-14-11-7-5-4-6-10(11)8-15-12/h4-7,12,14-15H,8-9H2,1-3H3. The Kier molecular flexibility index (Phi) is 2.70. The van der Waals surface area contributed by atoms with E-state index in [0.29, 0.717) is 11.5 Å². The predicted octanol–water partition coefficient (Wildman–Crippen LogP) is 2.62. The number of hydrogen-bond donors (Lipinski definition) is 2. The minimum atomic E-state index is 0.301. The van der Waals surface area contributed by atoms with Crippen molar-refractivity contribution in [3.8, 4) is 0 Å². The largest absolute Gasteiger partial charge is 0.383 e. The van der Waals surface area contributed by atoms with Crippen LogP contribution in [0.3, 0.4) is 0 Å². The molecule has 1 aliphatic rings. The zero-order valence-corrected chi connectivity index (χ0v) is 9.80. The number of hydrogen-bond acceptors (Lipinski definition) is 2. The molecule has 1 unspecified atom stereocenters. The van der Waals surface area contributed by atoms with Crippen LogP contribution < -0.4 is 10.6 Å². The van der Waals surface area contributed by atoms with E-state index in [2.05, 4.69) is 55.7 Å². The highest BCUT2D eigenvalue weighted by atomic mass is 15.0. The molecule has 15 heavy (non-hydrogen) atoms. The van der Waals surface area contributed by atoms with Crippen LogP contribution in [0.25, 0.3) is 0 Å². The molecule has 0 fully saturated rings. The Balaban J connectivity index is 2.15. The lowest BCUT2D eigenvalue weighted by Gasteiger charge is -2.30. The summed E-state index contributed by atoms with van der Waals surface area (Å²) in [5.74, 6) is 0. The first-order chi connectivity index (χ1) is 7.07. The molecule has 0 aliphatic carbocycles. The molecule has 1 aromatic rings. The van der Waals surface area contributed by atoms with Crippen molar-refractivity contribution in [2.75, 3.05) is 11.9 Å². The number of nitrogens with one attached hydrogen (secondary N) is 2. The first-order valence-corrected chi connectivity index (χ1v) is 5.62. The zero-order chi connectivity index (χ0) is 10.9. The van der Waals surface area contributed by atoms with Crippen LogP contribution in [0.5, 0.6) is 0 Å². The first kappa shape index (κ1) is 10.5. The highest BCUT2D eigenvalue weighted by molar-refractivity contribution is 5.51. The molecule has 0 spiro atoms. The second kappa shape index (κ2) is 3.86. The topological polar surface area (TPSA) is 24.1 Å². The molecule has 2 N–H and O–H groups in total. The molecule has 1 heterocycles. The molecule has 1 atom stereocenters. The van der Waals surface area contributed by atoms with Gasteiger partial charge in [0.2, 0.25) is 0 Å². The van der Waals surface area contributed by atoms with Gasteiger partial charge >= 0.3 is 0 Å². The van der Waals surface area contributed by atoms with Crippen molar-refractivity contribution in [3.63, 3.8) is 0 Å². The van der Waals surface area contributed by atoms with Crippen molar-refractivity contribution in [1.29, 1.82) is 0 Å². The maximum Gasteiger partial charge on any atom is 0.0386 e. The van der Waals surface area contributed by atoms with E-state index in [1.165, 1.54) is 11.3 Å². The maximum absolute atomic E-state index is 3.62. The van der Waals surface area contributed by atoms with E-state index in [4.69, 9.17) is 0 Å². The second-order valence-electron chi connectivity index (χ2n) is 5.34. The fourth-order valence-electron chi connectivity index (χ4n) is 1.98. The molecular weight excluding hydrogens is 184 g/mol. The van der Waals surface area contributed by atoms with Crippen molar-refractivity contribution in [1.82, 2.24) is 5.32 Å². The van der Waals surface area contributed by atoms with E-state index in [-0.39, 0.29) is 0 Å². The minimum absolute atomic E-state index is 0.301. The Morgan fingerprint density at radius 3 is 2.67 bits per heavy atom. The van der Waals surface area contributed by atoms with Gasteiger partial charge in [-0.25, -0.2) is 0 Å². The van der Waals surface area contributed by atoms with E-state index >= 15 is 0 Å². The predicted molar refractivity (Wildman–Crippen MR) is 65.0 cm³/mol. The first-order valence-electron chi connectivity index (χ1n) is 5.62. The quantitative estimate of drug-likeness (QED) is 0.679. The fraction of sp³-hybridized carbons (Fsp3) is 0.538. The Labute approximate surface area is 92.1 Å². The minimum Gasteiger partial charge on any atom is -0.383 e. The summed E-state index contributed by atoms with van der Waals surface area (Å²) in [6.45, 7) is 8.80. The monoisotopic (exact) mass is 204 g/mol. The van der Waals surface area contributed by atoms with Crippen molar-refractivity contribution in [2.45, 2.75) is 33.4 Å². The zero-order valence-electron chi connectivity index (χ0n) is 9.80. The summed E-state index contributed by atoms with van der Waals surface area (Å²) in [4.78, 5) is 0. The van der Waals surface area contributed by atoms with Crippen LogP contribution in [-0.4, -0.2) is 12.6 Å². The molecule has 2 nitrogen and oxygen atoms in total. The third kappa shape index (κ3) is 2.32. The molecule has 1 aromatic carbocycles. The Hall–Kier alpha value is -1.02. The van der Waals surface area contributed by atoms with Gasteiger partial charge in [-0.3, -0.25) is 0 Å². The molecule has 2 rings (SSSR count). The van der Waals surface area contributed by atoms with Crippen molar-refractivity contribution >= 4 is 5.69 Å². The third-order valence-electron chi connectivity index (χ3n) is 3.10. The third-order valence-corrected chi connectivity index (χ3v) is 3.10. The Bertz CT molecular complexity index is 312. The van der Waals surface area contributed by atoms with Crippen LogP contribution in [0.4, 0.5) is 5.69 Å². The summed E-state index contributed by atoms with van der Waals surface area (Å²) < 4.78 is 0. The summed E-state index contributed by atoms with van der Waals surface area (Å²) in [6.07, 6.45) is 0. The summed E-state index contributed by atoms with van der Waals surface area (Å²) in [5, 5.41) is 7.13. The van der Waals surface area contributed by atoms with E-state index in [1.54, 1.807) is 0 Å². The highest BCUT2D eigenvalue weighted by Gasteiger charge is 2.25. The number of anilines is 1. The van der Waals surface area contributed by atoms with Gasteiger partial charge < -0.3 is 10.6 Å². The van der Waals surface area contributed by atoms with Crippen LogP contribution in [0.2, 0.25) is 0 Å². The molecule has 82 valence electrons. The number of fused-ring (bicyclic) bond motifs is 1. The molecule has 1 aliphatic heterocycles. The Morgan fingerprint density at radius 1 is 1.20 bits per heavy atom. The maximum atomic E-state index is 3.62. The van der Waals surface area contributed by atoms with Gasteiger partial charge in [-0.2, -0.15) is 0 Å². The van der Waals surface area contributed by atoms with Crippen LogP contribution >= 0.6 is 0 Å². The highest BCUT2D eigenvalue weighted by Crippen LogP contribution is 2.24. The average Bonchev–Trinajstić information content (AvgIpc) is 2.38. The van der Waals surface area contributed by atoms with Crippen LogP contribution in [0.15, 0.2) is 24.3 Å². The molecule has 2 heteroatoms. The molecule has 0 radical (unpaired) electrons.